The Morgan fingerprint density at radius 1 is 1.35 bits per heavy atom. The second kappa shape index (κ2) is 6.41. The van der Waals surface area contributed by atoms with Gasteiger partial charge >= 0.3 is 0 Å². The van der Waals surface area contributed by atoms with Crippen molar-refractivity contribution in [3.05, 3.63) is 0 Å². The Kier molecular flexibility index (Phi) is 5.57. The van der Waals surface area contributed by atoms with Crippen molar-refractivity contribution in [1.82, 2.24) is 5.32 Å². The highest BCUT2D eigenvalue weighted by Gasteiger charge is 2.44. The third kappa shape index (κ3) is 4.43. The first kappa shape index (κ1) is 17.4. The van der Waals surface area contributed by atoms with Crippen molar-refractivity contribution in [2.75, 3.05) is 12.3 Å². The Morgan fingerprint density at radius 3 is 2.50 bits per heavy atom. The molecule has 0 aromatic carbocycles. The molecule has 0 aromatic heterocycles. The van der Waals surface area contributed by atoms with E-state index in [4.69, 9.17) is 10.9 Å². The van der Waals surface area contributed by atoms with Gasteiger partial charge in [-0.2, -0.15) is 0 Å². The Hall–Kier alpha value is -0.660. The zero-order valence-corrected chi connectivity index (χ0v) is 13.4. The van der Waals surface area contributed by atoms with Gasteiger partial charge in [0, 0.05) is 18.5 Å². The first-order valence-corrected chi connectivity index (χ1v) is 8.81. The fourth-order valence-corrected chi connectivity index (χ4v) is 3.47. The zero-order chi connectivity index (χ0) is 15.6. The fraction of sp³-hybridized carbons (Fsp3) is 0.923. The van der Waals surface area contributed by atoms with E-state index in [9.17, 15) is 13.2 Å². The molecule has 0 saturated heterocycles. The van der Waals surface area contributed by atoms with Crippen molar-refractivity contribution in [1.29, 1.82) is 0 Å². The number of rotatable bonds is 5. The van der Waals surface area contributed by atoms with Crippen molar-refractivity contribution in [2.24, 2.45) is 28.1 Å². The monoisotopic (exact) mass is 305 g/mol. The molecule has 118 valence electrons. The lowest BCUT2D eigenvalue weighted by atomic mass is 9.61. The van der Waals surface area contributed by atoms with Crippen molar-refractivity contribution < 1.29 is 13.2 Å². The number of hydrogen-bond donors (Lipinski definition) is 3. The minimum atomic E-state index is -3.45. The van der Waals surface area contributed by atoms with Crippen LogP contribution in [0.5, 0.6) is 0 Å². The third-order valence-electron chi connectivity index (χ3n) is 4.72. The zero-order valence-electron chi connectivity index (χ0n) is 12.6. The highest BCUT2D eigenvalue weighted by atomic mass is 32.2. The van der Waals surface area contributed by atoms with E-state index in [0.29, 0.717) is 13.0 Å². The molecule has 0 aliphatic heterocycles. The van der Waals surface area contributed by atoms with E-state index in [0.717, 1.165) is 12.8 Å². The summed E-state index contributed by atoms with van der Waals surface area (Å²) < 4.78 is 21.6. The SMILES string of the molecule is CC1C(N)CCC(C(=O)NCCCS(N)(=O)=O)C1(C)C. The molecule has 0 heterocycles. The van der Waals surface area contributed by atoms with Gasteiger partial charge in [0.1, 0.15) is 0 Å². The van der Waals surface area contributed by atoms with Gasteiger partial charge in [-0.3, -0.25) is 4.79 Å². The molecule has 7 heteroatoms. The molecule has 1 saturated carbocycles. The third-order valence-corrected chi connectivity index (χ3v) is 5.58. The molecular weight excluding hydrogens is 278 g/mol. The number of carbonyl (C=O) groups is 1. The van der Waals surface area contributed by atoms with Crippen LogP contribution in [0.3, 0.4) is 0 Å². The molecule has 0 bridgehead atoms. The standard InChI is InChI=1S/C13H27N3O3S/c1-9-11(14)6-5-10(13(9,2)3)12(17)16-7-4-8-20(15,18)19/h9-11H,4-8,14H2,1-3H3,(H,16,17)(H2,15,18,19). The molecular formula is C13H27N3O3S. The minimum absolute atomic E-state index is 0.0110. The van der Waals surface area contributed by atoms with Gasteiger partial charge in [-0.1, -0.05) is 20.8 Å². The summed E-state index contributed by atoms with van der Waals surface area (Å²) in [7, 11) is -3.45. The average Bonchev–Trinajstić information content (AvgIpc) is 2.30. The highest BCUT2D eigenvalue weighted by Crippen LogP contribution is 2.44. The van der Waals surface area contributed by atoms with Gasteiger partial charge in [0.25, 0.3) is 0 Å². The molecule has 0 radical (unpaired) electrons. The predicted octanol–water partition coefficient (Wildman–Crippen LogP) is 0.181. The Balaban J connectivity index is 2.51. The van der Waals surface area contributed by atoms with Crippen molar-refractivity contribution in [3.63, 3.8) is 0 Å². The van der Waals surface area contributed by atoms with E-state index in [1.807, 2.05) is 0 Å². The number of primary sulfonamides is 1. The highest BCUT2D eigenvalue weighted by molar-refractivity contribution is 7.89. The maximum Gasteiger partial charge on any atom is 0.223 e. The first-order chi connectivity index (χ1) is 9.05. The molecule has 1 aliphatic carbocycles. The van der Waals surface area contributed by atoms with Crippen LogP contribution >= 0.6 is 0 Å². The van der Waals surface area contributed by atoms with Crippen LogP contribution in [0, 0.1) is 17.3 Å². The lowest BCUT2D eigenvalue weighted by Gasteiger charge is -2.46. The van der Waals surface area contributed by atoms with Gasteiger partial charge in [0.05, 0.1) is 5.75 Å². The second-order valence-corrected chi connectivity index (χ2v) is 8.15. The van der Waals surface area contributed by atoms with Crippen LogP contribution in [0.4, 0.5) is 0 Å². The number of nitrogens with two attached hydrogens (primary N) is 2. The molecule has 0 spiro atoms. The maximum atomic E-state index is 12.3. The van der Waals surface area contributed by atoms with Crippen LogP contribution in [0.1, 0.15) is 40.0 Å². The van der Waals surface area contributed by atoms with E-state index in [-0.39, 0.29) is 35.0 Å². The largest absolute Gasteiger partial charge is 0.356 e. The van der Waals surface area contributed by atoms with Gasteiger partial charge in [0.15, 0.2) is 0 Å². The van der Waals surface area contributed by atoms with Crippen LogP contribution in [0.15, 0.2) is 0 Å². The van der Waals surface area contributed by atoms with Crippen molar-refractivity contribution >= 4 is 15.9 Å². The summed E-state index contributed by atoms with van der Waals surface area (Å²) in [5, 5.41) is 7.73. The number of amides is 1. The molecule has 1 aliphatic rings. The van der Waals surface area contributed by atoms with Crippen LogP contribution in [-0.2, 0) is 14.8 Å². The van der Waals surface area contributed by atoms with Gasteiger partial charge in [-0.15, -0.1) is 0 Å². The topological polar surface area (TPSA) is 115 Å². The molecule has 20 heavy (non-hydrogen) atoms. The van der Waals surface area contributed by atoms with Gasteiger partial charge in [0.2, 0.25) is 15.9 Å². The Bertz CT molecular complexity index is 448. The molecule has 6 nitrogen and oxygen atoms in total. The van der Waals surface area contributed by atoms with Crippen LogP contribution in [-0.4, -0.2) is 32.7 Å². The molecule has 1 rings (SSSR count). The van der Waals surface area contributed by atoms with E-state index >= 15 is 0 Å². The lowest BCUT2D eigenvalue weighted by Crippen LogP contribution is -2.51. The second-order valence-electron chi connectivity index (χ2n) is 6.42. The van der Waals surface area contributed by atoms with Gasteiger partial charge < -0.3 is 11.1 Å². The van der Waals surface area contributed by atoms with Crippen molar-refractivity contribution in [2.45, 2.75) is 46.1 Å². The summed E-state index contributed by atoms with van der Waals surface area (Å²) in [6.07, 6.45) is 1.96. The fourth-order valence-electron chi connectivity index (χ4n) is 2.93. The summed E-state index contributed by atoms with van der Waals surface area (Å²) >= 11 is 0. The quantitative estimate of drug-likeness (QED) is 0.628. The van der Waals surface area contributed by atoms with E-state index in [1.54, 1.807) is 0 Å². The summed E-state index contributed by atoms with van der Waals surface area (Å²) in [4.78, 5) is 12.3. The average molecular weight is 305 g/mol. The molecule has 1 fully saturated rings. The molecule has 1 amide bonds. The first-order valence-electron chi connectivity index (χ1n) is 7.09. The Morgan fingerprint density at radius 2 is 1.95 bits per heavy atom. The number of nitrogens with one attached hydrogen (secondary N) is 1. The summed E-state index contributed by atoms with van der Waals surface area (Å²) in [5.41, 5.74) is 5.92. The molecule has 5 N–H and O–H groups in total. The predicted molar refractivity (Wildman–Crippen MR) is 79.2 cm³/mol. The summed E-state index contributed by atoms with van der Waals surface area (Å²) in [6.45, 7) is 6.57. The van der Waals surface area contributed by atoms with E-state index < -0.39 is 10.0 Å². The molecule has 3 atom stereocenters. The lowest BCUT2D eigenvalue weighted by molar-refractivity contribution is -0.132. The van der Waals surface area contributed by atoms with E-state index in [2.05, 4.69) is 26.1 Å². The van der Waals surface area contributed by atoms with Gasteiger partial charge in [-0.05, 0) is 30.6 Å². The molecule has 3 unspecified atom stereocenters. The minimum Gasteiger partial charge on any atom is -0.356 e. The van der Waals surface area contributed by atoms with Crippen LogP contribution in [0.2, 0.25) is 0 Å². The smallest absolute Gasteiger partial charge is 0.223 e. The Labute approximate surface area is 121 Å². The number of hydrogen-bond acceptors (Lipinski definition) is 4. The number of carbonyl (C=O) groups excluding carboxylic acids is 1. The van der Waals surface area contributed by atoms with Gasteiger partial charge in [-0.25, -0.2) is 13.6 Å². The number of sulfonamides is 1. The normalized spacial score (nSPS) is 29.9. The summed E-state index contributed by atoms with van der Waals surface area (Å²) in [5.74, 6) is 0.0779. The van der Waals surface area contributed by atoms with Crippen LogP contribution < -0.4 is 16.2 Å². The summed E-state index contributed by atoms with van der Waals surface area (Å²) in [6, 6.07) is 0.136. The molecule has 0 aromatic rings. The maximum absolute atomic E-state index is 12.3. The van der Waals surface area contributed by atoms with E-state index in [1.165, 1.54) is 0 Å². The van der Waals surface area contributed by atoms with Crippen LogP contribution in [0.25, 0.3) is 0 Å². The van der Waals surface area contributed by atoms with Crippen molar-refractivity contribution in [3.8, 4) is 0 Å².